The van der Waals surface area contributed by atoms with E-state index in [1.807, 2.05) is 31.2 Å². The van der Waals surface area contributed by atoms with E-state index >= 15 is 0 Å². The monoisotopic (exact) mass is 300 g/mol. The Bertz CT molecular complexity index is 667. The number of aromatic nitrogens is 2. The molecule has 0 atom stereocenters. The summed E-state index contributed by atoms with van der Waals surface area (Å²) in [5, 5.41) is 11.9. The van der Waals surface area contributed by atoms with Gasteiger partial charge in [0.2, 0.25) is 0 Å². The van der Waals surface area contributed by atoms with Crippen LogP contribution in [0.5, 0.6) is 0 Å². The Morgan fingerprint density at radius 3 is 2.57 bits per heavy atom. The molecular weight excluding hydrogens is 280 g/mol. The molecule has 0 aliphatic carbocycles. The molecule has 0 radical (unpaired) electrons. The number of aryl methyl sites for hydroxylation is 2. The third kappa shape index (κ3) is 3.36. The van der Waals surface area contributed by atoms with Gasteiger partial charge in [-0.15, -0.1) is 5.10 Å². The molecule has 2 rings (SSSR count). The second-order valence-corrected chi connectivity index (χ2v) is 5.35. The van der Waals surface area contributed by atoms with Gasteiger partial charge in [-0.05, 0) is 43.0 Å². The predicted molar refractivity (Wildman–Crippen MR) is 91.1 cm³/mol. The van der Waals surface area contributed by atoms with Gasteiger partial charge >= 0.3 is 0 Å². The van der Waals surface area contributed by atoms with Crippen LogP contribution >= 0.6 is 12.2 Å². The van der Waals surface area contributed by atoms with Crippen LogP contribution in [-0.2, 0) is 12.8 Å². The molecule has 0 fully saturated rings. The molecule has 1 heterocycles. The lowest BCUT2D eigenvalue weighted by Crippen LogP contribution is -2.18. The average molecular weight is 300 g/mol. The van der Waals surface area contributed by atoms with Crippen molar-refractivity contribution in [2.75, 3.05) is 5.32 Å². The molecule has 0 saturated heterocycles. The molecule has 110 valence electrons. The summed E-state index contributed by atoms with van der Waals surface area (Å²) in [5.74, 6) is 0.627. The second kappa shape index (κ2) is 6.63. The molecular formula is C16H20N4S. The summed E-state index contributed by atoms with van der Waals surface area (Å²) in [5.41, 5.74) is 10.9. The van der Waals surface area contributed by atoms with Crippen molar-refractivity contribution in [1.82, 2.24) is 10.2 Å². The van der Waals surface area contributed by atoms with Crippen molar-refractivity contribution in [3.05, 3.63) is 46.6 Å². The topological polar surface area (TPSA) is 63.8 Å². The van der Waals surface area contributed by atoms with Crippen molar-refractivity contribution in [3.63, 3.8) is 0 Å². The van der Waals surface area contributed by atoms with Gasteiger partial charge in [-0.1, -0.05) is 38.2 Å². The van der Waals surface area contributed by atoms with Crippen LogP contribution in [0.2, 0.25) is 0 Å². The smallest absolute Gasteiger partial charge is 0.163 e. The summed E-state index contributed by atoms with van der Waals surface area (Å²) in [6.45, 7) is 6.18. The minimum Gasteiger partial charge on any atom is -0.389 e. The Morgan fingerprint density at radius 2 is 2.00 bits per heavy atom. The number of rotatable bonds is 5. The summed E-state index contributed by atoms with van der Waals surface area (Å²) in [7, 11) is 0. The fourth-order valence-corrected chi connectivity index (χ4v) is 2.61. The van der Waals surface area contributed by atoms with Gasteiger partial charge in [-0.25, -0.2) is 0 Å². The molecule has 0 amide bonds. The highest BCUT2D eigenvalue weighted by Gasteiger charge is 2.16. The van der Waals surface area contributed by atoms with Gasteiger partial charge in [-0.2, -0.15) is 5.10 Å². The van der Waals surface area contributed by atoms with Gasteiger partial charge in [0, 0.05) is 5.69 Å². The minimum atomic E-state index is 0.353. The Balaban J connectivity index is 2.50. The lowest BCUT2D eigenvalue weighted by Gasteiger charge is -2.15. The first kappa shape index (κ1) is 15.4. The zero-order chi connectivity index (χ0) is 15.4. The zero-order valence-electron chi connectivity index (χ0n) is 12.6. The summed E-state index contributed by atoms with van der Waals surface area (Å²) in [6.07, 6.45) is 1.64. The van der Waals surface area contributed by atoms with Gasteiger partial charge in [-0.3, -0.25) is 0 Å². The number of nitrogens with one attached hydrogen (secondary N) is 1. The van der Waals surface area contributed by atoms with E-state index in [-0.39, 0.29) is 0 Å². The molecule has 0 spiro atoms. The Labute approximate surface area is 130 Å². The molecule has 0 saturated carbocycles. The normalized spacial score (nSPS) is 10.4. The summed E-state index contributed by atoms with van der Waals surface area (Å²) >= 11 is 5.22. The Kier molecular flexibility index (Phi) is 4.85. The van der Waals surface area contributed by atoms with Crippen LogP contribution in [-0.4, -0.2) is 15.2 Å². The van der Waals surface area contributed by atoms with Crippen molar-refractivity contribution in [1.29, 1.82) is 0 Å². The van der Waals surface area contributed by atoms with E-state index in [4.69, 9.17) is 18.0 Å². The van der Waals surface area contributed by atoms with Gasteiger partial charge in [0.05, 0.1) is 11.3 Å². The maximum absolute atomic E-state index is 5.92. The number of thiocarbonyl (C=S) groups is 1. The van der Waals surface area contributed by atoms with E-state index in [0.29, 0.717) is 10.8 Å². The fourth-order valence-electron chi connectivity index (χ4n) is 2.39. The van der Waals surface area contributed by atoms with Crippen LogP contribution in [0.1, 0.15) is 36.2 Å². The molecule has 0 unspecified atom stereocenters. The quantitative estimate of drug-likeness (QED) is 0.830. The second-order valence-electron chi connectivity index (χ2n) is 4.91. The molecule has 0 aliphatic heterocycles. The highest BCUT2D eigenvalue weighted by atomic mass is 32.1. The highest BCUT2D eigenvalue weighted by molar-refractivity contribution is 7.80. The maximum atomic E-state index is 5.92. The lowest BCUT2D eigenvalue weighted by molar-refractivity contribution is 0.879. The van der Waals surface area contributed by atoms with Crippen LogP contribution in [0.15, 0.2) is 24.3 Å². The summed E-state index contributed by atoms with van der Waals surface area (Å²) < 4.78 is 0. The zero-order valence-corrected chi connectivity index (χ0v) is 13.4. The number of anilines is 2. The van der Waals surface area contributed by atoms with E-state index in [2.05, 4.69) is 29.4 Å². The van der Waals surface area contributed by atoms with E-state index < -0.39 is 0 Å². The first-order chi connectivity index (χ1) is 10.1. The Hall–Kier alpha value is -2.01. The minimum absolute atomic E-state index is 0.353. The molecule has 5 heteroatoms. The SMILES string of the molecule is CCc1nnc(Nc2cccc(C)c2)c(C(N)=S)c1CC. The highest BCUT2D eigenvalue weighted by Crippen LogP contribution is 2.24. The maximum Gasteiger partial charge on any atom is 0.163 e. The number of nitrogens with zero attached hydrogens (tertiary/aromatic N) is 2. The molecule has 2 aromatic rings. The van der Waals surface area contributed by atoms with E-state index in [1.165, 1.54) is 5.56 Å². The van der Waals surface area contributed by atoms with Crippen LogP contribution in [0.25, 0.3) is 0 Å². The van der Waals surface area contributed by atoms with Crippen molar-refractivity contribution in [2.45, 2.75) is 33.6 Å². The molecule has 4 nitrogen and oxygen atoms in total. The predicted octanol–water partition coefficient (Wildman–Crippen LogP) is 3.29. The van der Waals surface area contributed by atoms with Crippen molar-refractivity contribution < 1.29 is 0 Å². The largest absolute Gasteiger partial charge is 0.389 e. The molecule has 3 N–H and O–H groups in total. The number of nitrogens with two attached hydrogens (primary N) is 1. The number of benzene rings is 1. The van der Waals surface area contributed by atoms with Crippen LogP contribution < -0.4 is 11.1 Å². The average Bonchev–Trinajstić information content (AvgIpc) is 2.46. The van der Waals surface area contributed by atoms with Crippen LogP contribution in [0, 0.1) is 6.92 Å². The van der Waals surface area contributed by atoms with E-state index in [9.17, 15) is 0 Å². The number of hydrogen-bond acceptors (Lipinski definition) is 4. The van der Waals surface area contributed by atoms with E-state index in [0.717, 1.165) is 35.3 Å². The van der Waals surface area contributed by atoms with Gasteiger partial charge in [0.15, 0.2) is 5.82 Å². The van der Waals surface area contributed by atoms with Crippen LogP contribution in [0.3, 0.4) is 0 Å². The fraction of sp³-hybridized carbons (Fsp3) is 0.312. The molecule has 21 heavy (non-hydrogen) atoms. The van der Waals surface area contributed by atoms with Crippen molar-refractivity contribution >= 4 is 28.7 Å². The lowest BCUT2D eigenvalue weighted by atomic mass is 10.0. The first-order valence-corrected chi connectivity index (χ1v) is 7.49. The third-order valence-corrected chi connectivity index (χ3v) is 3.58. The Morgan fingerprint density at radius 1 is 1.24 bits per heavy atom. The van der Waals surface area contributed by atoms with Gasteiger partial charge in [0.1, 0.15) is 4.99 Å². The first-order valence-electron chi connectivity index (χ1n) is 7.08. The summed E-state index contributed by atoms with van der Waals surface area (Å²) in [4.78, 5) is 0.353. The van der Waals surface area contributed by atoms with Crippen LogP contribution in [0.4, 0.5) is 11.5 Å². The van der Waals surface area contributed by atoms with E-state index in [1.54, 1.807) is 0 Å². The molecule has 1 aromatic heterocycles. The van der Waals surface area contributed by atoms with Crippen molar-refractivity contribution in [3.8, 4) is 0 Å². The van der Waals surface area contributed by atoms with Crippen molar-refractivity contribution in [2.24, 2.45) is 5.73 Å². The van der Waals surface area contributed by atoms with Gasteiger partial charge < -0.3 is 11.1 Å². The molecule has 0 bridgehead atoms. The molecule has 1 aromatic carbocycles. The third-order valence-electron chi connectivity index (χ3n) is 3.37. The summed E-state index contributed by atoms with van der Waals surface area (Å²) in [6, 6.07) is 8.07. The van der Waals surface area contributed by atoms with Gasteiger partial charge in [0.25, 0.3) is 0 Å². The standard InChI is InChI=1S/C16H20N4S/c1-4-12-13(5-2)19-20-16(14(12)15(17)21)18-11-8-6-7-10(3)9-11/h6-9H,4-5H2,1-3H3,(H2,17,21)(H,18,20). The molecule has 0 aliphatic rings. The number of hydrogen-bond donors (Lipinski definition) is 2.